The molecule has 4 heteroatoms. The highest BCUT2D eigenvalue weighted by atomic mass is 79.9. The predicted octanol–water partition coefficient (Wildman–Crippen LogP) is 10.4. The number of para-hydroxylation sites is 2. The van der Waals surface area contributed by atoms with E-state index < -0.39 is 0 Å². The average Bonchev–Trinajstić information content (AvgIpc) is 3.33. The fourth-order valence-corrected chi connectivity index (χ4v) is 5.73. The summed E-state index contributed by atoms with van der Waals surface area (Å²) in [6.07, 6.45) is 0. The molecule has 0 saturated heterocycles. The fraction of sp³-hybridized carbons (Fsp3) is 0.0278. The molecule has 0 fully saturated rings. The van der Waals surface area contributed by atoms with Crippen LogP contribution in [0.4, 0.5) is 0 Å². The Morgan fingerprint density at radius 1 is 0.600 bits per heavy atom. The third-order valence-corrected chi connectivity index (χ3v) is 7.73. The van der Waals surface area contributed by atoms with E-state index in [1.54, 1.807) is 0 Å². The van der Waals surface area contributed by atoms with E-state index in [4.69, 9.17) is 9.72 Å². The number of ether oxygens (including phenoxy) is 1. The Morgan fingerprint density at radius 3 is 1.98 bits per heavy atom. The molecular weight excluding hydrogens is 556 g/mol. The molecule has 0 aliphatic carbocycles. The van der Waals surface area contributed by atoms with Crippen LogP contribution < -0.4 is 4.74 Å². The second-order valence-electron chi connectivity index (χ2n) is 9.87. The minimum absolute atomic E-state index is 0.768. The average molecular weight is 582 g/mol. The minimum atomic E-state index is 0.768. The van der Waals surface area contributed by atoms with Crippen LogP contribution in [0, 0.1) is 6.92 Å². The molecule has 2 aromatic heterocycles. The number of rotatable bonds is 5. The first kappa shape index (κ1) is 24.4. The Hall–Kier alpha value is -4.67. The SMILES string of the molecule is Cc1ccc(Oc2cccc(Br)c2)cc1-c1cc(-n2c3ccccc3c3ccccc32)cc(-c2ccccc2)n1. The molecule has 7 rings (SSSR count). The smallest absolute Gasteiger partial charge is 0.128 e. The molecule has 5 aromatic carbocycles. The van der Waals surface area contributed by atoms with Crippen LogP contribution in [0.2, 0.25) is 0 Å². The van der Waals surface area contributed by atoms with Gasteiger partial charge in [-0.25, -0.2) is 4.98 Å². The van der Waals surface area contributed by atoms with Gasteiger partial charge in [-0.05, 0) is 67.1 Å². The van der Waals surface area contributed by atoms with Crippen LogP contribution in [-0.2, 0) is 0 Å². The normalized spacial score (nSPS) is 11.2. The molecule has 0 N–H and O–H groups in total. The number of fused-ring (bicyclic) bond motifs is 3. The monoisotopic (exact) mass is 580 g/mol. The molecule has 2 heterocycles. The van der Waals surface area contributed by atoms with Crippen LogP contribution in [-0.4, -0.2) is 9.55 Å². The lowest BCUT2D eigenvalue weighted by molar-refractivity contribution is 0.482. The Balaban J connectivity index is 1.45. The summed E-state index contributed by atoms with van der Waals surface area (Å²) in [6, 6.07) is 46.0. The van der Waals surface area contributed by atoms with E-state index in [0.717, 1.165) is 49.7 Å². The third-order valence-electron chi connectivity index (χ3n) is 7.23. The first-order valence-electron chi connectivity index (χ1n) is 13.2. The van der Waals surface area contributed by atoms with Crippen LogP contribution in [0.5, 0.6) is 11.5 Å². The molecule has 0 unspecified atom stereocenters. The molecule has 192 valence electrons. The van der Waals surface area contributed by atoms with Crippen molar-refractivity contribution < 1.29 is 4.74 Å². The summed E-state index contributed by atoms with van der Waals surface area (Å²) >= 11 is 3.54. The van der Waals surface area contributed by atoms with Gasteiger partial charge in [-0.1, -0.05) is 94.8 Å². The summed E-state index contributed by atoms with van der Waals surface area (Å²) < 4.78 is 9.57. The molecule has 7 aromatic rings. The summed E-state index contributed by atoms with van der Waals surface area (Å²) in [5, 5.41) is 2.47. The first-order chi connectivity index (χ1) is 19.6. The Morgan fingerprint density at radius 2 is 1.25 bits per heavy atom. The van der Waals surface area contributed by atoms with Gasteiger partial charge in [-0.15, -0.1) is 0 Å². The molecule has 0 aliphatic heterocycles. The van der Waals surface area contributed by atoms with E-state index in [1.807, 2.05) is 36.4 Å². The summed E-state index contributed by atoms with van der Waals surface area (Å²) in [5.74, 6) is 1.55. The van der Waals surface area contributed by atoms with Crippen LogP contribution in [0.25, 0.3) is 50.0 Å². The molecule has 40 heavy (non-hydrogen) atoms. The maximum atomic E-state index is 6.25. The van der Waals surface area contributed by atoms with Gasteiger partial charge >= 0.3 is 0 Å². The molecule has 0 bridgehead atoms. The maximum Gasteiger partial charge on any atom is 0.128 e. The molecule has 0 spiro atoms. The van der Waals surface area contributed by atoms with Crippen molar-refractivity contribution in [3.63, 3.8) is 0 Å². The van der Waals surface area contributed by atoms with Crippen molar-refractivity contribution in [1.82, 2.24) is 9.55 Å². The van der Waals surface area contributed by atoms with Gasteiger partial charge in [-0.2, -0.15) is 0 Å². The van der Waals surface area contributed by atoms with Crippen molar-refractivity contribution >= 4 is 37.7 Å². The molecule has 3 nitrogen and oxygen atoms in total. The Kier molecular flexibility index (Phi) is 6.18. The van der Waals surface area contributed by atoms with Crippen LogP contribution in [0.3, 0.4) is 0 Å². The zero-order valence-electron chi connectivity index (χ0n) is 21.9. The van der Waals surface area contributed by atoms with E-state index in [9.17, 15) is 0 Å². The maximum absolute atomic E-state index is 6.25. The molecule has 0 aliphatic rings. The summed E-state index contributed by atoms with van der Waals surface area (Å²) in [5.41, 5.74) is 8.47. The van der Waals surface area contributed by atoms with Crippen LogP contribution in [0.1, 0.15) is 5.56 Å². The lowest BCUT2D eigenvalue weighted by Gasteiger charge is -2.15. The number of aromatic nitrogens is 2. The van der Waals surface area contributed by atoms with Crippen LogP contribution in [0.15, 0.2) is 138 Å². The highest BCUT2D eigenvalue weighted by Crippen LogP contribution is 2.36. The van der Waals surface area contributed by atoms with E-state index in [2.05, 4.69) is 124 Å². The summed E-state index contributed by atoms with van der Waals surface area (Å²) in [7, 11) is 0. The Bertz CT molecular complexity index is 1960. The van der Waals surface area contributed by atoms with E-state index in [-0.39, 0.29) is 0 Å². The number of benzene rings is 5. The zero-order chi connectivity index (χ0) is 27.1. The van der Waals surface area contributed by atoms with Gasteiger partial charge in [0.1, 0.15) is 11.5 Å². The third kappa shape index (κ3) is 4.47. The predicted molar refractivity (Wildman–Crippen MR) is 168 cm³/mol. The van der Waals surface area contributed by atoms with Gasteiger partial charge in [0.05, 0.1) is 28.1 Å². The van der Waals surface area contributed by atoms with Gasteiger partial charge in [0.15, 0.2) is 0 Å². The van der Waals surface area contributed by atoms with Crippen LogP contribution >= 0.6 is 15.9 Å². The van der Waals surface area contributed by atoms with E-state index in [0.29, 0.717) is 0 Å². The fourth-order valence-electron chi connectivity index (χ4n) is 5.35. The number of hydrogen-bond acceptors (Lipinski definition) is 2. The largest absolute Gasteiger partial charge is 0.457 e. The quantitative estimate of drug-likeness (QED) is 0.202. The van der Waals surface area contributed by atoms with Gasteiger partial charge in [0.25, 0.3) is 0 Å². The molecule has 0 saturated carbocycles. The molecule has 0 amide bonds. The van der Waals surface area contributed by atoms with Crippen molar-refractivity contribution in [2.75, 3.05) is 0 Å². The number of nitrogens with zero attached hydrogens (tertiary/aromatic N) is 2. The Labute approximate surface area is 241 Å². The van der Waals surface area contributed by atoms with Crippen molar-refractivity contribution in [3.05, 3.63) is 143 Å². The van der Waals surface area contributed by atoms with E-state index >= 15 is 0 Å². The molecule has 0 radical (unpaired) electrons. The van der Waals surface area contributed by atoms with Crippen molar-refractivity contribution in [2.24, 2.45) is 0 Å². The lowest BCUT2D eigenvalue weighted by Crippen LogP contribution is -1.99. The van der Waals surface area contributed by atoms with Gasteiger partial charge in [-0.3, -0.25) is 0 Å². The van der Waals surface area contributed by atoms with Gasteiger partial charge in [0.2, 0.25) is 0 Å². The topological polar surface area (TPSA) is 27.1 Å². The first-order valence-corrected chi connectivity index (χ1v) is 14.0. The number of pyridine rings is 1. The van der Waals surface area contributed by atoms with Gasteiger partial charge in [0, 0.05) is 26.4 Å². The second kappa shape index (κ2) is 10.1. The number of halogens is 1. The van der Waals surface area contributed by atoms with Gasteiger partial charge < -0.3 is 9.30 Å². The van der Waals surface area contributed by atoms with Crippen molar-refractivity contribution in [3.8, 4) is 39.7 Å². The zero-order valence-corrected chi connectivity index (χ0v) is 23.5. The molecule has 0 atom stereocenters. The summed E-state index contributed by atoms with van der Waals surface area (Å²) in [4.78, 5) is 5.19. The van der Waals surface area contributed by atoms with E-state index in [1.165, 1.54) is 21.8 Å². The lowest BCUT2D eigenvalue weighted by atomic mass is 10.0. The highest BCUT2D eigenvalue weighted by molar-refractivity contribution is 9.10. The van der Waals surface area contributed by atoms with Crippen molar-refractivity contribution in [2.45, 2.75) is 6.92 Å². The second-order valence-corrected chi connectivity index (χ2v) is 10.8. The highest BCUT2D eigenvalue weighted by Gasteiger charge is 2.16. The summed E-state index contributed by atoms with van der Waals surface area (Å²) in [6.45, 7) is 2.12. The molecular formula is C36H25BrN2O. The minimum Gasteiger partial charge on any atom is -0.457 e. The number of aryl methyl sites for hydroxylation is 1. The van der Waals surface area contributed by atoms with Crippen molar-refractivity contribution in [1.29, 1.82) is 0 Å². The number of hydrogen-bond donors (Lipinski definition) is 0. The standard InChI is InChI=1S/C36H25BrN2O/c1-24-18-19-29(40-28-13-9-12-26(37)20-28)23-32(24)34-22-27(21-33(38-34)25-10-3-2-4-11-25)39-35-16-7-5-14-30(35)31-15-6-8-17-36(31)39/h2-23H,1H3.